The lowest BCUT2D eigenvalue weighted by atomic mass is 9.69. The number of likely N-dealkylation sites (tertiary alicyclic amines) is 1. The van der Waals surface area contributed by atoms with Crippen molar-refractivity contribution in [2.24, 2.45) is 5.41 Å². The van der Waals surface area contributed by atoms with Gasteiger partial charge in [0, 0.05) is 51.3 Å². The molecule has 8 nitrogen and oxygen atoms in total. The van der Waals surface area contributed by atoms with Crippen LogP contribution in [0.3, 0.4) is 0 Å². The third-order valence-corrected chi connectivity index (χ3v) is 7.62. The van der Waals surface area contributed by atoms with E-state index in [-0.39, 0.29) is 30.2 Å². The third-order valence-electron chi connectivity index (χ3n) is 7.62. The summed E-state index contributed by atoms with van der Waals surface area (Å²) in [6.45, 7) is 2.28. The van der Waals surface area contributed by atoms with Gasteiger partial charge in [0.2, 0.25) is 17.7 Å². The lowest BCUT2D eigenvalue weighted by Gasteiger charge is -2.44. The van der Waals surface area contributed by atoms with Crippen molar-refractivity contribution >= 4 is 23.4 Å². The van der Waals surface area contributed by atoms with Crippen molar-refractivity contribution in [3.05, 3.63) is 59.7 Å². The Bertz CT molecular complexity index is 1130. The molecule has 3 aliphatic heterocycles. The van der Waals surface area contributed by atoms with E-state index in [1.54, 1.807) is 28.9 Å². The van der Waals surface area contributed by atoms with Crippen LogP contribution in [0.15, 0.2) is 48.5 Å². The van der Waals surface area contributed by atoms with E-state index in [0.717, 1.165) is 22.6 Å². The number of benzene rings is 2. The highest BCUT2D eigenvalue weighted by Crippen LogP contribution is 2.52. The summed E-state index contributed by atoms with van der Waals surface area (Å²) in [5.74, 6) is -0.0701. The largest absolute Gasteiger partial charge is 0.497 e. The number of ether oxygens (including phenoxy) is 2. The summed E-state index contributed by atoms with van der Waals surface area (Å²) in [4.78, 5) is 46.3. The van der Waals surface area contributed by atoms with Gasteiger partial charge in [0.05, 0.1) is 20.3 Å². The number of fused-ring (bicyclic) bond motifs is 3. The molecule has 8 heteroatoms. The first-order valence-corrected chi connectivity index (χ1v) is 12.1. The molecule has 2 fully saturated rings. The van der Waals surface area contributed by atoms with Gasteiger partial charge in [0.15, 0.2) is 5.41 Å². The molecule has 2 aromatic carbocycles. The fraction of sp³-hybridized carbons (Fsp3) is 0.444. The number of amides is 3. The molecule has 0 radical (unpaired) electrons. The number of carbonyl (C=O) groups is 3. The quantitative estimate of drug-likeness (QED) is 0.616. The van der Waals surface area contributed by atoms with Crippen LogP contribution in [0.4, 0.5) is 5.69 Å². The van der Waals surface area contributed by atoms with E-state index in [1.165, 1.54) is 0 Å². The first-order valence-electron chi connectivity index (χ1n) is 12.1. The van der Waals surface area contributed by atoms with Crippen LogP contribution < -0.4 is 9.64 Å². The van der Waals surface area contributed by atoms with E-state index in [4.69, 9.17) is 9.47 Å². The fourth-order valence-electron chi connectivity index (χ4n) is 5.68. The Morgan fingerprint density at radius 2 is 1.77 bits per heavy atom. The predicted molar refractivity (Wildman–Crippen MR) is 130 cm³/mol. The van der Waals surface area contributed by atoms with Gasteiger partial charge in [-0.15, -0.1) is 0 Å². The molecule has 3 amide bonds. The lowest BCUT2D eigenvalue weighted by Crippen LogP contribution is -2.60. The molecule has 3 aliphatic rings. The predicted octanol–water partition coefficient (Wildman–Crippen LogP) is 2.08. The Morgan fingerprint density at radius 3 is 2.49 bits per heavy atom. The Morgan fingerprint density at radius 1 is 1.06 bits per heavy atom. The van der Waals surface area contributed by atoms with Crippen LogP contribution in [0.25, 0.3) is 0 Å². The molecule has 0 aliphatic carbocycles. The van der Waals surface area contributed by atoms with Crippen LogP contribution in [0.2, 0.25) is 0 Å². The fourth-order valence-corrected chi connectivity index (χ4v) is 5.68. The number of methoxy groups -OCH3 is 1. The van der Waals surface area contributed by atoms with E-state index in [9.17, 15) is 14.4 Å². The Hall–Kier alpha value is -3.39. The zero-order valence-corrected chi connectivity index (χ0v) is 20.2. The summed E-state index contributed by atoms with van der Waals surface area (Å²) < 4.78 is 10.6. The molecule has 0 aromatic heterocycles. The monoisotopic (exact) mass is 477 g/mol. The van der Waals surface area contributed by atoms with Gasteiger partial charge in [0.25, 0.3) is 0 Å². The summed E-state index contributed by atoms with van der Waals surface area (Å²) in [5.41, 5.74) is 1.48. The molecule has 0 saturated carbocycles. The van der Waals surface area contributed by atoms with Gasteiger partial charge >= 0.3 is 0 Å². The van der Waals surface area contributed by atoms with E-state index >= 15 is 0 Å². The van der Waals surface area contributed by atoms with Gasteiger partial charge in [0.1, 0.15) is 5.75 Å². The summed E-state index contributed by atoms with van der Waals surface area (Å²) in [5, 5.41) is 0. The second-order valence-electron chi connectivity index (χ2n) is 9.47. The molecule has 184 valence electrons. The SMILES string of the molecule is COc1ccc(CCC(=O)N2C[C@H]3c4ccccc4N(C)C(=O)[C@@]3(C(=O)N3CCOCC3)C2)cc1. The number of hydrogen-bond donors (Lipinski definition) is 0. The number of aryl methyl sites for hydroxylation is 1. The molecule has 2 atom stereocenters. The highest BCUT2D eigenvalue weighted by Gasteiger charge is 2.63. The first-order chi connectivity index (χ1) is 17.0. The zero-order valence-electron chi connectivity index (χ0n) is 20.2. The smallest absolute Gasteiger partial charge is 0.244 e. The van der Waals surface area contributed by atoms with E-state index < -0.39 is 5.41 Å². The van der Waals surface area contributed by atoms with Crippen molar-refractivity contribution in [3.63, 3.8) is 0 Å². The summed E-state index contributed by atoms with van der Waals surface area (Å²) in [6.07, 6.45) is 0.894. The number of nitrogens with zero attached hydrogens (tertiary/aromatic N) is 3. The van der Waals surface area contributed by atoms with Crippen LogP contribution in [-0.4, -0.2) is 81.1 Å². The molecule has 0 bridgehead atoms. The Kier molecular flexibility index (Phi) is 6.23. The number of carbonyl (C=O) groups excluding carboxylic acids is 3. The lowest BCUT2D eigenvalue weighted by molar-refractivity contribution is -0.153. The van der Waals surface area contributed by atoms with E-state index in [0.29, 0.717) is 45.7 Å². The minimum absolute atomic E-state index is 0.0442. The molecule has 2 aromatic rings. The van der Waals surface area contributed by atoms with Crippen LogP contribution in [0, 0.1) is 5.41 Å². The molecule has 0 N–H and O–H groups in total. The van der Waals surface area contributed by atoms with Gasteiger partial charge in [-0.25, -0.2) is 0 Å². The molecule has 5 rings (SSSR count). The number of hydrogen-bond acceptors (Lipinski definition) is 5. The minimum atomic E-state index is -1.31. The minimum Gasteiger partial charge on any atom is -0.497 e. The van der Waals surface area contributed by atoms with Crippen molar-refractivity contribution in [1.82, 2.24) is 9.80 Å². The highest BCUT2D eigenvalue weighted by atomic mass is 16.5. The Balaban J connectivity index is 1.43. The number of anilines is 1. The van der Waals surface area contributed by atoms with E-state index in [2.05, 4.69) is 0 Å². The maximum Gasteiger partial charge on any atom is 0.244 e. The van der Waals surface area contributed by atoms with Crippen LogP contribution in [0.5, 0.6) is 5.75 Å². The van der Waals surface area contributed by atoms with Crippen molar-refractivity contribution in [3.8, 4) is 5.75 Å². The van der Waals surface area contributed by atoms with Gasteiger partial charge in [-0.1, -0.05) is 30.3 Å². The summed E-state index contributed by atoms with van der Waals surface area (Å²) in [6, 6.07) is 15.4. The normalized spacial score (nSPS) is 23.7. The van der Waals surface area contributed by atoms with Gasteiger partial charge in [-0.05, 0) is 35.7 Å². The number of rotatable bonds is 5. The van der Waals surface area contributed by atoms with Crippen LogP contribution >= 0.6 is 0 Å². The molecular formula is C27H31N3O5. The number of para-hydroxylation sites is 1. The maximum atomic E-state index is 14.0. The van der Waals surface area contributed by atoms with Gasteiger partial charge in [-0.2, -0.15) is 0 Å². The molecular weight excluding hydrogens is 446 g/mol. The second kappa shape index (κ2) is 9.34. The van der Waals surface area contributed by atoms with E-state index in [1.807, 2.05) is 48.5 Å². The third kappa shape index (κ3) is 3.95. The summed E-state index contributed by atoms with van der Waals surface area (Å²) in [7, 11) is 3.34. The van der Waals surface area contributed by atoms with Crippen LogP contribution in [-0.2, 0) is 25.5 Å². The average molecular weight is 478 g/mol. The second-order valence-corrected chi connectivity index (χ2v) is 9.47. The molecule has 35 heavy (non-hydrogen) atoms. The van der Waals surface area contributed by atoms with Crippen molar-refractivity contribution in [1.29, 1.82) is 0 Å². The molecule has 3 heterocycles. The van der Waals surface area contributed by atoms with Crippen molar-refractivity contribution < 1.29 is 23.9 Å². The summed E-state index contributed by atoms with van der Waals surface area (Å²) >= 11 is 0. The number of morpholine rings is 1. The van der Waals surface area contributed by atoms with Crippen molar-refractivity contribution in [2.45, 2.75) is 18.8 Å². The van der Waals surface area contributed by atoms with Gasteiger partial charge < -0.3 is 24.2 Å². The molecule has 0 spiro atoms. The Labute approximate surface area is 205 Å². The molecule has 0 unspecified atom stereocenters. The average Bonchev–Trinajstić information content (AvgIpc) is 3.33. The maximum absolute atomic E-state index is 14.0. The van der Waals surface area contributed by atoms with Crippen LogP contribution in [0.1, 0.15) is 23.5 Å². The zero-order chi connectivity index (χ0) is 24.6. The standard InChI is InChI=1S/C27H31N3O5/c1-28-23-6-4-3-5-21(23)22-17-30(24(31)12-9-19-7-10-20(34-2)11-8-19)18-27(22,25(28)32)26(33)29-13-15-35-16-14-29/h3-8,10-11,22H,9,12-18H2,1-2H3/t22-,27+/m0/s1. The highest BCUT2D eigenvalue weighted by molar-refractivity contribution is 6.15. The molecule has 2 saturated heterocycles. The topological polar surface area (TPSA) is 79.4 Å². The van der Waals surface area contributed by atoms with Crippen molar-refractivity contribution in [2.75, 3.05) is 58.5 Å². The first kappa shape index (κ1) is 23.4. The van der Waals surface area contributed by atoms with Gasteiger partial charge in [-0.3, -0.25) is 14.4 Å².